The molecule has 1 rings (SSSR count). The lowest BCUT2D eigenvalue weighted by Gasteiger charge is -2.31. The van der Waals surface area contributed by atoms with Crippen molar-refractivity contribution in [2.75, 3.05) is 5.75 Å². The molecule has 0 bridgehead atoms. The van der Waals surface area contributed by atoms with Gasteiger partial charge in [0.15, 0.2) is 0 Å². The minimum absolute atomic E-state index is 0.118. The molecule has 0 saturated heterocycles. The summed E-state index contributed by atoms with van der Waals surface area (Å²) in [6.07, 6.45) is 6.29. The molecule has 17 heavy (non-hydrogen) atoms. The molecule has 3 nitrogen and oxygen atoms in total. The van der Waals surface area contributed by atoms with Crippen LogP contribution in [0.15, 0.2) is 0 Å². The fourth-order valence-corrected chi connectivity index (χ4v) is 3.51. The zero-order chi connectivity index (χ0) is 12.7. The van der Waals surface area contributed by atoms with E-state index in [2.05, 4.69) is 12.2 Å². The number of thioether (sulfide) groups is 1. The molecule has 4 heteroatoms. The minimum atomic E-state index is 0.118. The first kappa shape index (κ1) is 14.8. The van der Waals surface area contributed by atoms with Crippen molar-refractivity contribution >= 4 is 17.7 Å². The van der Waals surface area contributed by atoms with Crippen LogP contribution in [0.1, 0.15) is 52.4 Å². The Labute approximate surface area is 109 Å². The molecule has 0 aromatic carbocycles. The lowest BCUT2D eigenvalue weighted by molar-refractivity contribution is -0.122. The Bertz CT molecular complexity index is 231. The smallest absolute Gasteiger partial charge is 0.220 e. The highest BCUT2D eigenvalue weighted by atomic mass is 32.2. The topological polar surface area (TPSA) is 55.1 Å². The second-order valence-electron chi connectivity index (χ2n) is 4.97. The van der Waals surface area contributed by atoms with Gasteiger partial charge < -0.3 is 11.1 Å². The van der Waals surface area contributed by atoms with Gasteiger partial charge in [-0.2, -0.15) is 11.8 Å². The zero-order valence-corrected chi connectivity index (χ0v) is 11.9. The maximum atomic E-state index is 11.8. The lowest BCUT2D eigenvalue weighted by Crippen LogP contribution is -2.44. The van der Waals surface area contributed by atoms with Crippen molar-refractivity contribution in [3.8, 4) is 0 Å². The maximum absolute atomic E-state index is 11.8. The summed E-state index contributed by atoms with van der Waals surface area (Å²) in [4.78, 5) is 11.8. The van der Waals surface area contributed by atoms with E-state index in [0.29, 0.717) is 17.7 Å². The largest absolute Gasteiger partial charge is 0.352 e. The highest BCUT2D eigenvalue weighted by Crippen LogP contribution is 2.28. The summed E-state index contributed by atoms with van der Waals surface area (Å²) in [6.45, 7) is 4.14. The summed E-state index contributed by atoms with van der Waals surface area (Å²) >= 11 is 1.99. The van der Waals surface area contributed by atoms with Crippen LogP contribution in [0, 0.1) is 0 Å². The SMILES string of the molecule is CCSC1CCCCC1NC(=O)CCC(C)N. The normalized spacial score (nSPS) is 26.5. The Balaban J connectivity index is 2.33. The van der Waals surface area contributed by atoms with E-state index in [4.69, 9.17) is 5.73 Å². The van der Waals surface area contributed by atoms with Crippen LogP contribution in [0.3, 0.4) is 0 Å². The van der Waals surface area contributed by atoms with Crippen molar-refractivity contribution in [2.24, 2.45) is 5.73 Å². The third-order valence-electron chi connectivity index (χ3n) is 3.26. The summed E-state index contributed by atoms with van der Waals surface area (Å²) in [5, 5.41) is 3.81. The van der Waals surface area contributed by atoms with Crippen LogP contribution in [0.2, 0.25) is 0 Å². The molecule has 0 aromatic heterocycles. The van der Waals surface area contributed by atoms with Crippen LogP contribution in [-0.2, 0) is 4.79 Å². The molecular weight excluding hydrogens is 232 g/mol. The summed E-state index contributed by atoms with van der Waals surface area (Å²) in [6, 6.07) is 0.502. The fourth-order valence-electron chi connectivity index (χ4n) is 2.31. The second-order valence-corrected chi connectivity index (χ2v) is 6.48. The van der Waals surface area contributed by atoms with Crippen molar-refractivity contribution < 1.29 is 4.79 Å². The van der Waals surface area contributed by atoms with Gasteiger partial charge in [0.25, 0.3) is 0 Å². The first-order valence-corrected chi connectivity index (χ1v) is 7.85. The van der Waals surface area contributed by atoms with E-state index in [1.807, 2.05) is 18.7 Å². The van der Waals surface area contributed by atoms with Crippen molar-refractivity contribution in [1.82, 2.24) is 5.32 Å². The molecular formula is C13H26N2OS. The van der Waals surface area contributed by atoms with Gasteiger partial charge in [-0.3, -0.25) is 4.79 Å². The van der Waals surface area contributed by atoms with Crippen molar-refractivity contribution in [1.29, 1.82) is 0 Å². The van der Waals surface area contributed by atoms with E-state index in [1.54, 1.807) is 0 Å². The summed E-state index contributed by atoms with van der Waals surface area (Å²) in [7, 11) is 0. The number of hydrogen-bond donors (Lipinski definition) is 2. The van der Waals surface area contributed by atoms with E-state index >= 15 is 0 Å². The monoisotopic (exact) mass is 258 g/mol. The molecule has 1 aliphatic rings. The Hall–Kier alpha value is -0.220. The van der Waals surface area contributed by atoms with Gasteiger partial charge in [-0.05, 0) is 31.9 Å². The molecule has 0 heterocycles. The average molecular weight is 258 g/mol. The predicted octanol–water partition coefficient (Wildman–Crippen LogP) is 2.29. The molecule has 3 atom stereocenters. The molecule has 1 aliphatic carbocycles. The van der Waals surface area contributed by atoms with E-state index in [0.717, 1.165) is 18.6 Å². The molecule has 3 unspecified atom stereocenters. The third kappa shape index (κ3) is 5.77. The molecule has 0 spiro atoms. The van der Waals surface area contributed by atoms with Crippen LogP contribution in [0.4, 0.5) is 0 Å². The molecule has 0 aliphatic heterocycles. The molecule has 1 saturated carbocycles. The Kier molecular flexibility index (Phi) is 6.97. The van der Waals surface area contributed by atoms with Crippen molar-refractivity contribution in [2.45, 2.75) is 69.7 Å². The third-order valence-corrected chi connectivity index (χ3v) is 4.58. The molecule has 100 valence electrons. The van der Waals surface area contributed by atoms with Gasteiger partial charge in [0.2, 0.25) is 5.91 Å². The second kappa shape index (κ2) is 7.98. The van der Waals surface area contributed by atoms with E-state index in [9.17, 15) is 4.79 Å². The average Bonchev–Trinajstić information content (AvgIpc) is 2.29. The Morgan fingerprint density at radius 2 is 2.18 bits per heavy atom. The predicted molar refractivity (Wildman–Crippen MR) is 75.2 cm³/mol. The van der Waals surface area contributed by atoms with Gasteiger partial charge in [-0.1, -0.05) is 19.8 Å². The number of carbonyl (C=O) groups excluding carboxylic acids is 1. The number of nitrogens with two attached hydrogens (primary N) is 1. The summed E-state index contributed by atoms with van der Waals surface area (Å²) in [5.74, 6) is 1.31. The Morgan fingerprint density at radius 3 is 2.82 bits per heavy atom. The maximum Gasteiger partial charge on any atom is 0.220 e. The van der Waals surface area contributed by atoms with Crippen LogP contribution in [0.5, 0.6) is 0 Å². The fraction of sp³-hybridized carbons (Fsp3) is 0.923. The number of hydrogen-bond acceptors (Lipinski definition) is 3. The first-order chi connectivity index (χ1) is 8.13. The number of nitrogens with one attached hydrogen (secondary N) is 1. The molecule has 0 radical (unpaired) electrons. The van der Waals surface area contributed by atoms with E-state index < -0.39 is 0 Å². The summed E-state index contributed by atoms with van der Waals surface area (Å²) in [5.41, 5.74) is 5.66. The van der Waals surface area contributed by atoms with Gasteiger partial charge in [-0.25, -0.2) is 0 Å². The van der Waals surface area contributed by atoms with Gasteiger partial charge in [0, 0.05) is 23.8 Å². The van der Waals surface area contributed by atoms with Crippen LogP contribution >= 0.6 is 11.8 Å². The number of amides is 1. The summed E-state index contributed by atoms with van der Waals surface area (Å²) < 4.78 is 0. The van der Waals surface area contributed by atoms with Gasteiger partial charge in [0.05, 0.1) is 0 Å². The quantitative estimate of drug-likeness (QED) is 0.768. The standard InChI is InChI=1S/C13H26N2OS/c1-3-17-12-7-5-4-6-11(12)15-13(16)9-8-10(2)14/h10-12H,3-9,14H2,1-2H3,(H,15,16). The van der Waals surface area contributed by atoms with Gasteiger partial charge >= 0.3 is 0 Å². The molecule has 0 aromatic rings. The molecule has 3 N–H and O–H groups in total. The van der Waals surface area contributed by atoms with Crippen LogP contribution in [-0.4, -0.2) is 29.0 Å². The highest BCUT2D eigenvalue weighted by Gasteiger charge is 2.26. The van der Waals surface area contributed by atoms with E-state index in [-0.39, 0.29) is 11.9 Å². The number of carbonyl (C=O) groups is 1. The van der Waals surface area contributed by atoms with Gasteiger partial charge in [-0.15, -0.1) is 0 Å². The van der Waals surface area contributed by atoms with Crippen molar-refractivity contribution in [3.63, 3.8) is 0 Å². The minimum Gasteiger partial charge on any atom is -0.352 e. The zero-order valence-electron chi connectivity index (χ0n) is 11.1. The lowest BCUT2D eigenvalue weighted by atomic mass is 9.94. The Morgan fingerprint density at radius 1 is 1.47 bits per heavy atom. The highest BCUT2D eigenvalue weighted by molar-refractivity contribution is 7.99. The van der Waals surface area contributed by atoms with E-state index in [1.165, 1.54) is 19.3 Å². The van der Waals surface area contributed by atoms with Crippen molar-refractivity contribution in [3.05, 3.63) is 0 Å². The van der Waals surface area contributed by atoms with Crippen LogP contribution in [0.25, 0.3) is 0 Å². The number of rotatable bonds is 6. The van der Waals surface area contributed by atoms with Gasteiger partial charge in [0.1, 0.15) is 0 Å². The van der Waals surface area contributed by atoms with Crippen LogP contribution < -0.4 is 11.1 Å². The molecule has 1 amide bonds. The first-order valence-electron chi connectivity index (χ1n) is 6.80. The molecule has 1 fully saturated rings.